The first kappa shape index (κ1) is 10.3. The maximum atomic E-state index is 11.7. The molecular formula is C10H16N2O3. The fraction of sp³-hybridized carbons (Fsp3) is 0.800. The third-order valence-corrected chi connectivity index (χ3v) is 3.23. The lowest BCUT2D eigenvalue weighted by Crippen LogP contribution is -2.58. The van der Waals surface area contributed by atoms with Crippen LogP contribution in [0.15, 0.2) is 0 Å². The maximum Gasteiger partial charge on any atom is 0.322 e. The van der Waals surface area contributed by atoms with E-state index in [1.54, 1.807) is 19.0 Å². The first-order chi connectivity index (χ1) is 6.96. The Morgan fingerprint density at radius 3 is 2.53 bits per heavy atom. The molecule has 15 heavy (non-hydrogen) atoms. The van der Waals surface area contributed by atoms with Crippen molar-refractivity contribution in [3.05, 3.63) is 0 Å². The van der Waals surface area contributed by atoms with Crippen LogP contribution >= 0.6 is 0 Å². The molecule has 1 heterocycles. The molecule has 1 aliphatic carbocycles. The molecule has 2 rings (SSSR count). The molecule has 0 aromatic heterocycles. The number of urea groups is 1. The van der Waals surface area contributed by atoms with Gasteiger partial charge < -0.3 is 9.64 Å². The molecule has 0 radical (unpaired) electrons. The lowest BCUT2D eigenvalue weighted by atomic mass is 10.0. The summed E-state index contributed by atoms with van der Waals surface area (Å²) in [5.41, 5.74) is -0.0108. The van der Waals surface area contributed by atoms with Crippen molar-refractivity contribution in [1.82, 2.24) is 9.80 Å². The summed E-state index contributed by atoms with van der Waals surface area (Å²) in [5.74, 6) is -0.324. The average molecular weight is 212 g/mol. The van der Waals surface area contributed by atoms with E-state index in [1.165, 1.54) is 11.8 Å². The van der Waals surface area contributed by atoms with E-state index < -0.39 is 0 Å². The normalized spacial score (nSPS) is 28.2. The first-order valence-electron chi connectivity index (χ1n) is 5.11. The standard InChI is InChI=1S/C10H16N2O3/c1-7(13)15-8-10(4-5-10)6-11(2)9(14)12(8)3/h8H,4-6H2,1-3H3. The number of hydrogen-bond acceptors (Lipinski definition) is 3. The fourth-order valence-corrected chi connectivity index (χ4v) is 2.33. The molecular weight excluding hydrogens is 196 g/mol. The van der Waals surface area contributed by atoms with Crippen molar-refractivity contribution in [3.63, 3.8) is 0 Å². The molecule has 84 valence electrons. The topological polar surface area (TPSA) is 49.9 Å². The Hall–Kier alpha value is -1.26. The Labute approximate surface area is 89.0 Å². The molecule has 1 unspecified atom stereocenters. The van der Waals surface area contributed by atoms with Crippen LogP contribution in [0.4, 0.5) is 4.79 Å². The van der Waals surface area contributed by atoms with Crippen molar-refractivity contribution >= 4 is 12.0 Å². The summed E-state index contributed by atoms with van der Waals surface area (Å²) in [6.07, 6.45) is 1.67. The fourth-order valence-electron chi connectivity index (χ4n) is 2.33. The summed E-state index contributed by atoms with van der Waals surface area (Å²) in [5, 5.41) is 0. The van der Waals surface area contributed by atoms with Gasteiger partial charge in [0.1, 0.15) is 0 Å². The maximum absolute atomic E-state index is 11.7. The van der Waals surface area contributed by atoms with Crippen LogP contribution in [0.25, 0.3) is 0 Å². The number of nitrogens with zero attached hydrogens (tertiary/aromatic N) is 2. The number of rotatable bonds is 1. The highest BCUT2D eigenvalue weighted by atomic mass is 16.6. The van der Waals surface area contributed by atoms with Gasteiger partial charge in [-0.3, -0.25) is 9.69 Å². The van der Waals surface area contributed by atoms with Gasteiger partial charge in [0.05, 0.1) is 0 Å². The minimum atomic E-state index is -0.376. The summed E-state index contributed by atoms with van der Waals surface area (Å²) in [6.45, 7) is 2.07. The van der Waals surface area contributed by atoms with E-state index in [2.05, 4.69) is 0 Å². The van der Waals surface area contributed by atoms with Gasteiger partial charge in [-0.25, -0.2) is 4.79 Å². The van der Waals surface area contributed by atoms with Gasteiger partial charge in [0.25, 0.3) is 0 Å². The molecule has 5 nitrogen and oxygen atoms in total. The largest absolute Gasteiger partial charge is 0.441 e. The molecule has 1 saturated carbocycles. The second kappa shape index (κ2) is 3.12. The van der Waals surface area contributed by atoms with Crippen LogP contribution in [0.1, 0.15) is 19.8 Å². The van der Waals surface area contributed by atoms with Gasteiger partial charge in [0.2, 0.25) is 0 Å². The third kappa shape index (κ3) is 1.56. The zero-order chi connectivity index (χ0) is 11.2. The second-order valence-electron chi connectivity index (χ2n) is 4.57. The first-order valence-corrected chi connectivity index (χ1v) is 5.11. The van der Waals surface area contributed by atoms with E-state index in [4.69, 9.17) is 4.74 Å². The average Bonchev–Trinajstić information content (AvgIpc) is 2.90. The molecule has 0 aromatic rings. The van der Waals surface area contributed by atoms with Gasteiger partial charge >= 0.3 is 12.0 Å². The number of hydrogen-bond donors (Lipinski definition) is 0. The van der Waals surface area contributed by atoms with Crippen LogP contribution < -0.4 is 0 Å². The Balaban J connectivity index is 2.19. The zero-order valence-electron chi connectivity index (χ0n) is 9.32. The Kier molecular flexibility index (Phi) is 2.13. The zero-order valence-corrected chi connectivity index (χ0v) is 9.32. The lowest BCUT2D eigenvalue weighted by Gasteiger charge is -2.42. The number of amides is 2. The predicted molar refractivity (Wildman–Crippen MR) is 53.0 cm³/mol. The van der Waals surface area contributed by atoms with Gasteiger partial charge in [-0.05, 0) is 12.8 Å². The summed E-state index contributed by atoms with van der Waals surface area (Å²) in [4.78, 5) is 25.9. The van der Waals surface area contributed by atoms with E-state index in [9.17, 15) is 9.59 Å². The van der Waals surface area contributed by atoms with Gasteiger partial charge in [-0.15, -0.1) is 0 Å². The molecule has 2 amide bonds. The third-order valence-electron chi connectivity index (χ3n) is 3.23. The van der Waals surface area contributed by atoms with Crippen molar-refractivity contribution in [2.24, 2.45) is 5.41 Å². The van der Waals surface area contributed by atoms with Crippen molar-refractivity contribution in [3.8, 4) is 0 Å². The van der Waals surface area contributed by atoms with Gasteiger partial charge in [0.15, 0.2) is 6.23 Å². The van der Waals surface area contributed by atoms with E-state index in [0.717, 1.165) is 12.8 Å². The number of ether oxygens (including phenoxy) is 1. The van der Waals surface area contributed by atoms with Crippen molar-refractivity contribution in [2.45, 2.75) is 26.0 Å². The highest BCUT2D eigenvalue weighted by Gasteiger charge is 2.58. The van der Waals surface area contributed by atoms with Crippen LogP contribution in [0.5, 0.6) is 0 Å². The molecule has 0 N–H and O–H groups in total. The van der Waals surface area contributed by atoms with Crippen molar-refractivity contribution in [2.75, 3.05) is 20.6 Å². The van der Waals surface area contributed by atoms with Crippen LogP contribution in [-0.2, 0) is 9.53 Å². The minimum absolute atomic E-state index is 0.0108. The highest BCUT2D eigenvalue weighted by molar-refractivity contribution is 5.76. The quantitative estimate of drug-likeness (QED) is 0.600. The van der Waals surface area contributed by atoms with E-state index in [0.29, 0.717) is 6.54 Å². The predicted octanol–water partition coefficient (Wildman–Crippen LogP) is 0.653. The summed E-state index contributed by atoms with van der Waals surface area (Å²) >= 11 is 0. The molecule has 1 spiro atoms. The van der Waals surface area contributed by atoms with Crippen LogP contribution in [0.2, 0.25) is 0 Å². The van der Waals surface area contributed by atoms with Crippen molar-refractivity contribution < 1.29 is 14.3 Å². The molecule has 1 atom stereocenters. The molecule has 2 aliphatic rings. The van der Waals surface area contributed by atoms with Gasteiger partial charge in [-0.2, -0.15) is 0 Å². The number of esters is 1. The monoisotopic (exact) mass is 212 g/mol. The number of carbonyl (C=O) groups excluding carboxylic acids is 2. The molecule has 2 fully saturated rings. The Morgan fingerprint density at radius 2 is 2.07 bits per heavy atom. The van der Waals surface area contributed by atoms with E-state index in [-0.39, 0.29) is 23.6 Å². The van der Waals surface area contributed by atoms with Crippen LogP contribution in [0, 0.1) is 5.41 Å². The molecule has 0 bridgehead atoms. The Bertz CT molecular complexity index is 312. The van der Waals surface area contributed by atoms with Crippen LogP contribution in [0.3, 0.4) is 0 Å². The SMILES string of the molecule is CC(=O)OC1N(C)C(=O)N(C)CC12CC2. The van der Waals surface area contributed by atoms with Gasteiger partial charge in [0, 0.05) is 33.0 Å². The van der Waals surface area contributed by atoms with Crippen LogP contribution in [-0.4, -0.2) is 48.7 Å². The van der Waals surface area contributed by atoms with E-state index in [1.807, 2.05) is 0 Å². The second-order valence-corrected chi connectivity index (χ2v) is 4.57. The summed E-state index contributed by atoms with van der Waals surface area (Å²) in [7, 11) is 3.47. The molecule has 1 saturated heterocycles. The van der Waals surface area contributed by atoms with Crippen molar-refractivity contribution in [1.29, 1.82) is 0 Å². The molecule has 5 heteroatoms. The molecule has 0 aromatic carbocycles. The summed E-state index contributed by atoms with van der Waals surface area (Å²) in [6, 6.07) is -0.0845. The summed E-state index contributed by atoms with van der Waals surface area (Å²) < 4.78 is 5.24. The lowest BCUT2D eigenvalue weighted by molar-refractivity contribution is -0.163. The smallest absolute Gasteiger partial charge is 0.322 e. The molecule has 1 aliphatic heterocycles. The highest BCUT2D eigenvalue weighted by Crippen LogP contribution is 2.53. The minimum Gasteiger partial charge on any atom is -0.441 e. The number of carbonyl (C=O) groups is 2. The van der Waals surface area contributed by atoms with E-state index >= 15 is 0 Å². The van der Waals surface area contributed by atoms with Gasteiger partial charge in [-0.1, -0.05) is 0 Å². The Morgan fingerprint density at radius 1 is 1.47 bits per heavy atom.